The lowest BCUT2D eigenvalue weighted by atomic mass is 10.1. The zero-order chi connectivity index (χ0) is 16.7. The fraction of sp³-hybridized carbons (Fsp3) is 0.533. The SMILES string of the molecule is O=C([C@H]1CCS(=O)(=O)C1)N1CCN(c2ncnc3sccc23)CC1. The standard InChI is InChI=1S/C15H18N4O3S2/c20-15(11-2-8-24(21,22)9-11)19-5-3-18(4-6-19)13-12-1-7-23-14(12)17-10-16-13/h1,7,10-11H,2-6,8-9H2/t11-/m0/s1. The number of hydrogen-bond donors (Lipinski definition) is 0. The molecule has 2 fully saturated rings. The normalized spacial score (nSPS) is 23.8. The minimum Gasteiger partial charge on any atom is -0.352 e. The van der Waals surface area contributed by atoms with Crippen LogP contribution in [-0.4, -0.2) is 66.9 Å². The summed E-state index contributed by atoms with van der Waals surface area (Å²) in [6.45, 7) is 2.61. The molecule has 128 valence electrons. The molecule has 9 heteroatoms. The van der Waals surface area contributed by atoms with Crippen molar-refractivity contribution in [1.29, 1.82) is 0 Å². The molecule has 2 saturated heterocycles. The van der Waals surface area contributed by atoms with Gasteiger partial charge in [-0.1, -0.05) is 0 Å². The summed E-state index contributed by atoms with van der Waals surface area (Å²) in [7, 11) is -3.02. The molecule has 2 aliphatic rings. The molecule has 4 rings (SSSR count). The van der Waals surface area contributed by atoms with Gasteiger partial charge in [-0.25, -0.2) is 18.4 Å². The Bertz CT molecular complexity index is 872. The number of nitrogens with zero attached hydrogens (tertiary/aromatic N) is 4. The van der Waals surface area contributed by atoms with Gasteiger partial charge >= 0.3 is 0 Å². The first kappa shape index (κ1) is 15.8. The summed E-state index contributed by atoms with van der Waals surface area (Å²) in [4.78, 5) is 26.1. The number of piperazine rings is 1. The number of rotatable bonds is 2. The van der Waals surface area contributed by atoms with Crippen LogP contribution in [0.4, 0.5) is 5.82 Å². The van der Waals surface area contributed by atoms with Crippen molar-refractivity contribution in [3.63, 3.8) is 0 Å². The van der Waals surface area contributed by atoms with Crippen molar-refractivity contribution in [3.8, 4) is 0 Å². The van der Waals surface area contributed by atoms with E-state index in [1.165, 1.54) is 0 Å². The predicted octanol–water partition coefficient (Wildman–Crippen LogP) is 0.775. The van der Waals surface area contributed by atoms with Gasteiger partial charge in [0.25, 0.3) is 0 Å². The van der Waals surface area contributed by atoms with Crippen molar-refractivity contribution in [2.75, 3.05) is 42.6 Å². The Morgan fingerprint density at radius 2 is 2.00 bits per heavy atom. The highest BCUT2D eigenvalue weighted by Crippen LogP contribution is 2.28. The maximum absolute atomic E-state index is 12.5. The zero-order valence-electron chi connectivity index (χ0n) is 13.1. The van der Waals surface area contributed by atoms with Crippen molar-refractivity contribution < 1.29 is 13.2 Å². The van der Waals surface area contributed by atoms with Gasteiger partial charge in [-0.3, -0.25) is 4.79 Å². The van der Waals surface area contributed by atoms with E-state index >= 15 is 0 Å². The lowest BCUT2D eigenvalue weighted by Gasteiger charge is -2.36. The Morgan fingerprint density at radius 3 is 2.71 bits per heavy atom. The summed E-state index contributed by atoms with van der Waals surface area (Å²) in [5, 5.41) is 3.05. The molecule has 2 aliphatic heterocycles. The number of aromatic nitrogens is 2. The van der Waals surface area contributed by atoms with Crippen LogP contribution in [0.25, 0.3) is 10.2 Å². The van der Waals surface area contributed by atoms with E-state index in [2.05, 4.69) is 14.9 Å². The van der Waals surface area contributed by atoms with Gasteiger partial charge in [0.2, 0.25) is 5.91 Å². The molecule has 0 saturated carbocycles. The molecule has 24 heavy (non-hydrogen) atoms. The third kappa shape index (κ3) is 2.86. The van der Waals surface area contributed by atoms with Crippen LogP contribution in [0.1, 0.15) is 6.42 Å². The molecule has 0 unspecified atom stereocenters. The largest absolute Gasteiger partial charge is 0.352 e. The van der Waals surface area contributed by atoms with E-state index in [4.69, 9.17) is 0 Å². The lowest BCUT2D eigenvalue weighted by molar-refractivity contribution is -0.135. The molecule has 0 bridgehead atoms. The fourth-order valence-corrected chi connectivity index (χ4v) is 5.88. The van der Waals surface area contributed by atoms with Gasteiger partial charge in [-0.05, 0) is 17.9 Å². The minimum atomic E-state index is -3.02. The average Bonchev–Trinajstić information content (AvgIpc) is 3.20. The first-order valence-corrected chi connectivity index (χ1v) is 10.7. The highest BCUT2D eigenvalue weighted by molar-refractivity contribution is 7.91. The zero-order valence-corrected chi connectivity index (χ0v) is 14.7. The number of sulfone groups is 1. The summed E-state index contributed by atoms with van der Waals surface area (Å²) in [5.74, 6) is 0.688. The maximum atomic E-state index is 12.5. The summed E-state index contributed by atoms with van der Waals surface area (Å²) in [6, 6.07) is 2.02. The molecule has 0 N–H and O–H groups in total. The summed E-state index contributed by atoms with van der Waals surface area (Å²) >= 11 is 1.59. The summed E-state index contributed by atoms with van der Waals surface area (Å²) < 4.78 is 23.1. The van der Waals surface area contributed by atoms with E-state index in [0.717, 1.165) is 16.0 Å². The number of amides is 1. The van der Waals surface area contributed by atoms with Crippen molar-refractivity contribution in [2.24, 2.45) is 5.92 Å². The van der Waals surface area contributed by atoms with Gasteiger partial charge in [0.15, 0.2) is 9.84 Å². The number of fused-ring (bicyclic) bond motifs is 1. The molecular formula is C15H18N4O3S2. The molecule has 0 spiro atoms. The van der Waals surface area contributed by atoms with Crippen LogP contribution in [-0.2, 0) is 14.6 Å². The number of carbonyl (C=O) groups excluding carboxylic acids is 1. The lowest BCUT2D eigenvalue weighted by Crippen LogP contribution is -2.50. The quantitative estimate of drug-likeness (QED) is 0.781. The number of carbonyl (C=O) groups is 1. The van der Waals surface area contributed by atoms with Crippen molar-refractivity contribution in [1.82, 2.24) is 14.9 Å². The predicted molar refractivity (Wildman–Crippen MR) is 93.0 cm³/mol. The monoisotopic (exact) mass is 366 g/mol. The Labute approximate surface area is 144 Å². The van der Waals surface area contributed by atoms with E-state index < -0.39 is 9.84 Å². The first-order chi connectivity index (χ1) is 11.5. The Morgan fingerprint density at radius 1 is 1.21 bits per heavy atom. The highest BCUT2D eigenvalue weighted by atomic mass is 32.2. The van der Waals surface area contributed by atoms with Gasteiger partial charge < -0.3 is 9.80 Å². The minimum absolute atomic E-state index is 0.00742. The molecule has 0 radical (unpaired) electrons. The summed E-state index contributed by atoms with van der Waals surface area (Å²) in [6.07, 6.45) is 2.04. The van der Waals surface area contributed by atoms with Gasteiger partial charge in [0, 0.05) is 26.2 Å². The average molecular weight is 366 g/mol. The smallest absolute Gasteiger partial charge is 0.226 e. The topological polar surface area (TPSA) is 83.5 Å². The number of thiophene rings is 1. The Kier molecular flexibility index (Phi) is 3.92. The van der Waals surface area contributed by atoms with E-state index in [-0.39, 0.29) is 23.3 Å². The van der Waals surface area contributed by atoms with E-state index in [0.29, 0.717) is 32.6 Å². The van der Waals surface area contributed by atoms with Crippen LogP contribution in [0.15, 0.2) is 17.8 Å². The van der Waals surface area contributed by atoms with Crippen LogP contribution in [0.5, 0.6) is 0 Å². The van der Waals surface area contributed by atoms with E-state index in [1.807, 2.05) is 11.4 Å². The Balaban J connectivity index is 1.44. The fourth-order valence-electron chi connectivity index (χ4n) is 3.42. The van der Waals surface area contributed by atoms with Crippen LogP contribution < -0.4 is 4.90 Å². The third-order valence-electron chi connectivity index (χ3n) is 4.71. The van der Waals surface area contributed by atoms with Crippen molar-refractivity contribution in [2.45, 2.75) is 6.42 Å². The third-order valence-corrected chi connectivity index (χ3v) is 7.30. The number of hydrogen-bond acceptors (Lipinski definition) is 7. The second-order valence-corrected chi connectivity index (χ2v) is 9.37. The van der Waals surface area contributed by atoms with Crippen molar-refractivity contribution in [3.05, 3.63) is 17.8 Å². The molecule has 0 aliphatic carbocycles. The molecule has 1 amide bonds. The second-order valence-electron chi connectivity index (χ2n) is 6.25. The summed E-state index contributed by atoms with van der Waals surface area (Å²) in [5.41, 5.74) is 0. The van der Waals surface area contributed by atoms with Crippen LogP contribution in [0, 0.1) is 5.92 Å². The van der Waals surface area contributed by atoms with E-state index in [1.54, 1.807) is 22.6 Å². The molecular weight excluding hydrogens is 348 g/mol. The molecule has 7 nitrogen and oxygen atoms in total. The number of anilines is 1. The second kappa shape index (κ2) is 5.96. The van der Waals surface area contributed by atoms with Crippen LogP contribution >= 0.6 is 11.3 Å². The van der Waals surface area contributed by atoms with Crippen LogP contribution in [0.3, 0.4) is 0 Å². The van der Waals surface area contributed by atoms with Gasteiger partial charge in [0.05, 0.1) is 22.8 Å². The van der Waals surface area contributed by atoms with Gasteiger partial charge in [0.1, 0.15) is 17.0 Å². The molecule has 1 atom stereocenters. The molecule has 2 aromatic rings. The highest BCUT2D eigenvalue weighted by Gasteiger charge is 2.36. The van der Waals surface area contributed by atoms with Crippen molar-refractivity contribution >= 4 is 43.1 Å². The van der Waals surface area contributed by atoms with Crippen LogP contribution in [0.2, 0.25) is 0 Å². The van der Waals surface area contributed by atoms with Gasteiger partial charge in [-0.2, -0.15) is 0 Å². The Hall–Kier alpha value is -1.74. The van der Waals surface area contributed by atoms with E-state index in [9.17, 15) is 13.2 Å². The first-order valence-electron chi connectivity index (χ1n) is 7.96. The van der Waals surface area contributed by atoms with Gasteiger partial charge in [-0.15, -0.1) is 11.3 Å². The molecule has 0 aromatic carbocycles. The molecule has 2 aromatic heterocycles. The molecule has 4 heterocycles. The maximum Gasteiger partial charge on any atom is 0.226 e.